The van der Waals surface area contributed by atoms with Crippen molar-refractivity contribution in [3.63, 3.8) is 0 Å². The number of nitrogens with one attached hydrogen (secondary N) is 3. The number of nitrogens with zero attached hydrogens (tertiary/aromatic N) is 3. The number of hydrogen-bond acceptors (Lipinski definition) is 9. The fourth-order valence-electron chi connectivity index (χ4n) is 15.1. The first-order valence-electron chi connectivity index (χ1n) is 41.0. The molecule has 0 atom stereocenters. The molecule has 0 bridgehead atoms. The van der Waals surface area contributed by atoms with Gasteiger partial charge in [0.05, 0.1) is 59.1 Å². The minimum absolute atomic E-state index is 0.777. The van der Waals surface area contributed by atoms with Gasteiger partial charge >= 0.3 is 34.2 Å². The summed E-state index contributed by atoms with van der Waals surface area (Å²) in [4.78, 5) is 26.2. The maximum Gasteiger partial charge on any atom is 0.312 e. The van der Waals surface area contributed by atoms with Gasteiger partial charge in [-0.3, -0.25) is 0 Å². The van der Waals surface area contributed by atoms with Gasteiger partial charge in [-0.2, -0.15) is 0 Å². The van der Waals surface area contributed by atoms with Crippen LogP contribution in [0.25, 0.3) is 102 Å². The van der Waals surface area contributed by atoms with Gasteiger partial charge in [0.25, 0.3) is 0 Å². The second-order valence-electron chi connectivity index (χ2n) is 36.2. The maximum atomic E-state index is 7.17. The molecule has 0 saturated heterocycles. The van der Waals surface area contributed by atoms with Crippen LogP contribution in [0.1, 0.15) is 0 Å². The van der Waals surface area contributed by atoms with Gasteiger partial charge in [0, 0.05) is 50.1 Å². The number of H-pyrrole nitrogens is 3. The zero-order chi connectivity index (χ0) is 84.1. The number of hydrogen-bond donors (Lipinski definition) is 3. The molecule has 12 aromatic rings. The van der Waals surface area contributed by atoms with Crippen LogP contribution in [0.15, 0.2) is 279 Å². The van der Waals surface area contributed by atoms with Crippen LogP contribution >= 0.6 is 0 Å². The molecule has 3 heterocycles. The normalized spacial score (nSPS) is 12.7. The minimum Gasteiger partial charge on any atom is -0.436 e. The fraction of sp³-hybridized carbons (Fsp3) is 0.280. The summed E-state index contributed by atoms with van der Waals surface area (Å²) in [5.74, 6) is 2.69. The molecule has 0 spiro atoms. The van der Waals surface area contributed by atoms with E-state index in [0.29, 0.717) is 0 Å². The molecule has 0 aliphatic heterocycles. The summed E-state index contributed by atoms with van der Waals surface area (Å²) in [6.07, 6.45) is 0. The molecule has 12 rings (SSSR count). The fourth-order valence-corrected chi connectivity index (χ4v) is 62.5. The number of imidazole rings is 3. The van der Waals surface area contributed by atoms with Gasteiger partial charge in [-0.05, 0) is 117 Å². The third-order valence-electron chi connectivity index (χ3n) is 20.9. The van der Waals surface area contributed by atoms with Gasteiger partial charge in [-0.25, -0.2) is 15.0 Å². The number of benzene rings is 9. The SMILES string of the molecule is C=C[Si](C)(C)O[Si](C)(C)O[Si](C)(C)O[Si](C)(C)C=C.C[SiH](C)c1ccc(-c2nc(-c3ccccc3)c(-c3ccccc3)[nH]2)cc1.C[Si](C)(CC[Si](C)(C)c1ccc(-c2nc(-c3ccccc3)c(-c3ccccc3)[nH]2)cc1)O[Si](C)(C)O[Si](C)(C)O[Si](C)(C)CC[Si](C)(C)c1ccc(-c2nc(-c3ccccc3)c(-c3ccccc3)[nH]2)cc1. The largest absolute Gasteiger partial charge is 0.436 e. The average molecular weight is 1730 g/mol. The predicted octanol–water partition coefficient (Wildman–Crippen LogP) is 24.9. The Kier molecular flexibility index (Phi) is 29.7. The Morgan fingerprint density at radius 1 is 0.276 bits per heavy atom. The summed E-state index contributed by atoms with van der Waals surface area (Å²) < 4.78 is 40.2. The minimum atomic E-state index is -2.51. The van der Waals surface area contributed by atoms with Crippen LogP contribution in [0.2, 0.25) is 168 Å². The molecule has 0 aliphatic rings. The Balaban J connectivity index is 0.000000255. The van der Waals surface area contributed by atoms with E-state index >= 15 is 0 Å². The first-order valence-corrected chi connectivity index (χ1v) is 73.7. The molecule has 0 amide bonds. The van der Waals surface area contributed by atoms with Gasteiger partial charge in [-0.1, -0.05) is 333 Å². The lowest BCUT2D eigenvalue weighted by atomic mass is 10.1. The molecule has 3 N–H and O–H groups in total. The second kappa shape index (κ2) is 38.1. The molecule has 608 valence electrons. The van der Waals surface area contributed by atoms with Crippen LogP contribution in [0.4, 0.5) is 0 Å². The summed E-state index contributed by atoms with van der Waals surface area (Å²) in [5.41, 5.74) is 20.0. The highest BCUT2D eigenvalue weighted by Gasteiger charge is 2.46. The molecule has 0 radical (unpaired) electrons. The lowest BCUT2D eigenvalue weighted by Gasteiger charge is -2.42. The number of aromatic nitrogens is 6. The van der Waals surface area contributed by atoms with Crippen molar-refractivity contribution in [2.24, 2.45) is 0 Å². The second-order valence-corrected chi connectivity index (χ2v) is 80.2. The van der Waals surface area contributed by atoms with Gasteiger partial charge in [0.2, 0.25) is 0 Å². The molecule has 0 saturated carbocycles. The zero-order valence-electron chi connectivity index (χ0n) is 73.0. The molecule has 3 aromatic heterocycles. The van der Waals surface area contributed by atoms with Crippen molar-refractivity contribution >= 4 is 108 Å². The monoisotopic (exact) mass is 1730 g/mol. The van der Waals surface area contributed by atoms with E-state index in [-0.39, 0.29) is 0 Å². The Labute approximate surface area is 706 Å². The maximum absolute atomic E-state index is 7.17. The van der Waals surface area contributed by atoms with Crippen molar-refractivity contribution in [2.45, 2.75) is 168 Å². The molecule has 0 fully saturated rings. The zero-order valence-corrected chi connectivity index (χ0v) is 84.2. The van der Waals surface area contributed by atoms with Crippen molar-refractivity contribution in [1.82, 2.24) is 29.9 Å². The van der Waals surface area contributed by atoms with Crippen molar-refractivity contribution in [2.75, 3.05) is 0 Å². The molecular weight excluding hydrogens is 1610 g/mol. The van der Waals surface area contributed by atoms with E-state index in [1.807, 2.05) is 35.7 Å². The smallest absolute Gasteiger partial charge is 0.312 e. The van der Waals surface area contributed by atoms with E-state index in [1.165, 1.54) is 27.6 Å². The van der Waals surface area contributed by atoms with E-state index in [2.05, 4.69) is 403 Å². The summed E-state index contributed by atoms with van der Waals surface area (Å²) in [7, 11) is -21.5. The van der Waals surface area contributed by atoms with E-state index in [0.717, 1.165) is 114 Å². The number of aromatic amines is 3. The van der Waals surface area contributed by atoms with Crippen molar-refractivity contribution in [3.8, 4) is 102 Å². The molecule has 9 aromatic carbocycles. The van der Waals surface area contributed by atoms with Crippen LogP contribution in [0.3, 0.4) is 0 Å². The van der Waals surface area contributed by atoms with E-state index in [4.69, 9.17) is 39.6 Å². The Morgan fingerprint density at radius 2 is 0.509 bits per heavy atom. The van der Waals surface area contributed by atoms with Crippen molar-refractivity contribution in [1.29, 1.82) is 0 Å². The third-order valence-corrected chi connectivity index (χ3v) is 59.6. The summed E-state index contributed by atoms with van der Waals surface area (Å²) >= 11 is 0. The lowest BCUT2D eigenvalue weighted by Crippen LogP contribution is -2.57. The molecule has 116 heavy (non-hydrogen) atoms. The summed E-state index contributed by atoms with van der Waals surface area (Å²) in [6, 6.07) is 94.4. The van der Waals surface area contributed by atoms with Gasteiger partial charge in [-0.15, -0.1) is 13.2 Å². The molecular formula is C93H126N6O6Si11. The van der Waals surface area contributed by atoms with Gasteiger partial charge in [0.1, 0.15) is 17.5 Å². The summed E-state index contributed by atoms with van der Waals surface area (Å²) in [6.45, 7) is 57.8. The molecule has 0 unspecified atom stereocenters. The van der Waals surface area contributed by atoms with Crippen molar-refractivity contribution < 1.29 is 24.7 Å². The molecule has 23 heteroatoms. The standard InChI is InChI=1S/C58H74N4O3Si6.C23H22N2Si.C12H30O3Si4/c1-66(2,51-37-33-49(34-38-51)57-59-53(45-25-17-13-18-26-45)54(60-57)46-27-19-14-20-28-46)41-43-68(5,6)63-70(9,10)65-71(11,12)64-69(7,8)44-42-67(3,4)52-39-35-50(36-40-52)58-61-55(47-29-21-15-22-30-47)56(62-58)48-31-23-16-24-32-48;1-26(2)20-15-13-19(14-16-20)23-24-21(17-9-5-3-6-10-17)22(25-23)18-11-7-4-8-12-18;1-11-16(3,4)13-18(7,8)15-19(9,10)14-17(5,6)12-2/h13-40H,41-44H2,1-12H3,(H,59,60)(H,61,62);3-16,26H,1-2H3,(H,24,25);11-12H,1-2H2,3-10H3. The Bertz CT molecular complexity index is 4730. The molecule has 12 nitrogen and oxygen atoms in total. The highest BCUT2D eigenvalue weighted by atomic mass is 28.5. The van der Waals surface area contributed by atoms with E-state index < -0.39 is 92.5 Å². The Hall–Kier alpha value is -7.76. The van der Waals surface area contributed by atoms with Crippen LogP contribution in [-0.2, 0) is 24.7 Å². The quantitative estimate of drug-likeness (QED) is 0.0351. The highest BCUT2D eigenvalue weighted by molar-refractivity contribution is 6.94. The third kappa shape index (κ3) is 25.6. The van der Waals surface area contributed by atoms with Gasteiger partial charge in [0.15, 0.2) is 33.3 Å². The van der Waals surface area contributed by atoms with Crippen LogP contribution in [0, 0.1) is 0 Å². The topological polar surface area (TPSA) is 141 Å². The van der Waals surface area contributed by atoms with E-state index in [1.54, 1.807) is 0 Å². The first kappa shape index (κ1) is 90.6. The Morgan fingerprint density at radius 3 is 0.750 bits per heavy atom. The van der Waals surface area contributed by atoms with Crippen LogP contribution < -0.4 is 15.6 Å². The van der Waals surface area contributed by atoms with E-state index in [9.17, 15) is 0 Å². The lowest BCUT2D eigenvalue weighted by molar-refractivity contribution is 0.327. The average Bonchev–Trinajstić information content (AvgIpc) is 1.64. The predicted molar refractivity (Wildman–Crippen MR) is 523 cm³/mol. The number of rotatable bonds is 32. The van der Waals surface area contributed by atoms with Crippen LogP contribution in [-0.4, -0.2) is 122 Å². The highest BCUT2D eigenvalue weighted by Crippen LogP contribution is 2.38. The van der Waals surface area contributed by atoms with Gasteiger partial charge < -0.3 is 39.6 Å². The molecule has 0 aliphatic carbocycles. The summed E-state index contributed by atoms with van der Waals surface area (Å²) in [5, 5.41) is 4.39. The first-order chi connectivity index (χ1) is 54.5. The van der Waals surface area contributed by atoms with Crippen LogP contribution in [0.5, 0.6) is 0 Å². The van der Waals surface area contributed by atoms with Crippen molar-refractivity contribution in [3.05, 3.63) is 279 Å².